The fourth-order valence-electron chi connectivity index (χ4n) is 2.93. The van der Waals surface area contributed by atoms with Gasteiger partial charge in [0.1, 0.15) is 5.76 Å². The fraction of sp³-hybridized carbons (Fsp3) is 0. The molecule has 124 valence electrons. The molecule has 2 aromatic carbocycles. The van der Waals surface area contributed by atoms with E-state index in [4.69, 9.17) is 4.42 Å². The molecular formula is C20H11NaO5-2. The molecule has 0 saturated heterocycles. The number of rotatable bonds is 2. The number of benzene rings is 3. The van der Waals surface area contributed by atoms with E-state index in [2.05, 4.69) is 6.07 Å². The minimum Gasteiger partial charge on any atom is -0.870 e. The number of carbonyl (C=O) groups is 1. The molecule has 0 unspecified atom stereocenters. The molecule has 0 radical (unpaired) electrons. The van der Waals surface area contributed by atoms with Crippen LogP contribution >= 0.6 is 0 Å². The van der Waals surface area contributed by atoms with Gasteiger partial charge in [-0.2, -0.15) is 18.2 Å². The van der Waals surface area contributed by atoms with E-state index in [1.165, 1.54) is 18.2 Å². The summed E-state index contributed by atoms with van der Waals surface area (Å²) < 4.78 is 5.80. The van der Waals surface area contributed by atoms with Gasteiger partial charge in [0.05, 0.1) is 5.97 Å². The van der Waals surface area contributed by atoms with E-state index >= 15 is 0 Å². The Hall–Kier alpha value is -2.44. The van der Waals surface area contributed by atoms with Crippen molar-refractivity contribution in [2.45, 2.75) is 0 Å². The van der Waals surface area contributed by atoms with Crippen LogP contribution in [0.2, 0.25) is 0 Å². The maximum absolute atomic E-state index is 11.7. The van der Waals surface area contributed by atoms with Crippen LogP contribution < -0.4 is 40.1 Å². The van der Waals surface area contributed by atoms with Crippen molar-refractivity contribution in [2.24, 2.45) is 0 Å². The fourth-order valence-corrected chi connectivity index (χ4v) is 2.93. The second kappa shape index (κ2) is 7.85. The molecule has 1 aliphatic heterocycles. The van der Waals surface area contributed by atoms with Gasteiger partial charge in [-0.1, -0.05) is 29.7 Å². The Balaban J connectivity index is 0.00000121. The summed E-state index contributed by atoms with van der Waals surface area (Å²) in [5, 5.41) is 12.3. The van der Waals surface area contributed by atoms with Crippen LogP contribution in [0.5, 0.6) is 0 Å². The number of carboxylic acid groups (broad SMARTS) is 1. The van der Waals surface area contributed by atoms with Gasteiger partial charge in [0.25, 0.3) is 0 Å². The molecule has 0 atom stereocenters. The van der Waals surface area contributed by atoms with Crippen LogP contribution in [0, 0.1) is 6.07 Å². The standard InChI is InChI=1S/C20H11O4.Na.H2O/c21-12-9-10-16-18(11-12)24-17-8-4-3-7-15(17)19(16)13-5-1-2-6-14(13)20(22)23;;/h1-3,5-11H,(H,22,23);;1H2/q-1;+1;/p-2. The third kappa shape index (κ3) is 3.30. The summed E-state index contributed by atoms with van der Waals surface area (Å²) in [4.78, 5) is 23.2. The van der Waals surface area contributed by atoms with Gasteiger partial charge in [-0.05, 0) is 23.3 Å². The van der Waals surface area contributed by atoms with Crippen LogP contribution in [-0.4, -0.2) is 11.4 Å². The topological polar surface area (TPSA) is 100 Å². The van der Waals surface area contributed by atoms with Crippen LogP contribution in [0.1, 0.15) is 10.4 Å². The number of aromatic carboxylic acids is 1. The van der Waals surface area contributed by atoms with E-state index in [1.807, 2.05) is 6.07 Å². The summed E-state index contributed by atoms with van der Waals surface area (Å²) in [6.07, 6.45) is 0. The number of hydrogen-bond acceptors (Lipinski definition) is 5. The summed E-state index contributed by atoms with van der Waals surface area (Å²) in [5.41, 5.74) is 2.32. The Morgan fingerprint density at radius 3 is 2.58 bits per heavy atom. The predicted octanol–water partition coefficient (Wildman–Crippen LogP) is -0.444. The van der Waals surface area contributed by atoms with Crippen molar-refractivity contribution in [3.05, 3.63) is 82.5 Å². The van der Waals surface area contributed by atoms with Crippen molar-refractivity contribution in [1.29, 1.82) is 0 Å². The molecule has 0 saturated carbocycles. The zero-order valence-corrected chi connectivity index (χ0v) is 15.9. The van der Waals surface area contributed by atoms with Gasteiger partial charge < -0.3 is 19.8 Å². The quantitative estimate of drug-likeness (QED) is 0.276. The Bertz CT molecular complexity index is 1120. The van der Waals surface area contributed by atoms with Crippen LogP contribution in [0.4, 0.5) is 0 Å². The average molecular weight is 354 g/mol. The van der Waals surface area contributed by atoms with Gasteiger partial charge >= 0.3 is 29.6 Å². The van der Waals surface area contributed by atoms with Crippen molar-refractivity contribution in [3.8, 4) is 22.5 Å². The normalized spacial score (nSPS) is 10.2. The first-order valence-electron chi connectivity index (χ1n) is 7.32. The first-order valence-corrected chi connectivity index (χ1v) is 7.32. The molecule has 1 heterocycles. The van der Waals surface area contributed by atoms with Crippen LogP contribution in [0.25, 0.3) is 33.4 Å². The molecule has 1 N–H and O–H groups in total. The first-order chi connectivity index (χ1) is 11.6. The maximum Gasteiger partial charge on any atom is 1.00 e. The zero-order chi connectivity index (χ0) is 16.7. The van der Waals surface area contributed by atoms with E-state index in [-0.39, 0.29) is 46.0 Å². The van der Waals surface area contributed by atoms with Crippen molar-refractivity contribution < 1.29 is 49.4 Å². The second-order valence-corrected chi connectivity index (χ2v) is 5.39. The van der Waals surface area contributed by atoms with E-state index in [0.29, 0.717) is 28.0 Å². The van der Waals surface area contributed by atoms with E-state index in [1.54, 1.807) is 36.4 Å². The molecule has 6 heteroatoms. The number of fused-ring (bicyclic) bond motifs is 2. The molecule has 5 nitrogen and oxygen atoms in total. The van der Waals surface area contributed by atoms with Gasteiger partial charge in [-0.15, -0.1) is 6.07 Å². The Morgan fingerprint density at radius 2 is 1.81 bits per heavy atom. The summed E-state index contributed by atoms with van der Waals surface area (Å²) in [5.74, 6) is -0.853. The van der Waals surface area contributed by atoms with Crippen molar-refractivity contribution in [1.82, 2.24) is 0 Å². The van der Waals surface area contributed by atoms with Gasteiger partial charge in [0, 0.05) is 22.8 Å². The largest absolute Gasteiger partial charge is 1.00 e. The smallest absolute Gasteiger partial charge is 0.870 e. The molecule has 26 heavy (non-hydrogen) atoms. The Morgan fingerprint density at radius 1 is 1.04 bits per heavy atom. The van der Waals surface area contributed by atoms with Crippen molar-refractivity contribution >= 4 is 16.9 Å². The summed E-state index contributed by atoms with van der Waals surface area (Å²) >= 11 is 0. The molecule has 0 spiro atoms. The van der Waals surface area contributed by atoms with Gasteiger partial charge in [0.2, 0.25) is 0 Å². The molecule has 0 amide bonds. The first kappa shape index (κ1) is 19.9. The SMILES string of the molecule is O=C([O-])c1ccccc1-c1c2ccc(=O)cc-2oc2c[c-]ccc12.[Na+].[OH-]. The van der Waals surface area contributed by atoms with Crippen LogP contribution in [-0.2, 0) is 0 Å². The number of carboxylic acids is 1. The molecule has 0 fully saturated rings. The van der Waals surface area contributed by atoms with Crippen LogP contribution in [0.3, 0.4) is 0 Å². The summed E-state index contributed by atoms with van der Waals surface area (Å²) in [6.45, 7) is 0. The minimum atomic E-state index is -1.25. The molecule has 2 aliphatic rings. The Kier molecular flexibility index (Phi) is 6.00. The number of hydrogen-bond donors (Lipinski definition) is 0. The molecular weight excluding hydrogens is 343 g/mol. The van der Waals surface area contributed by atoms with Crippen molar-refractivity contribution in [3.63, 3.8) is 0 Å². The molecule has 4 rings (SSSR count). The second-order valence-electron chi connectivity index (χ2n) is 5.39. The molecule has 2 aromatic rings. The monoisotopic (exact) mass is 354 g/mol. The predicted molar refractivity (Wildman–Crippen MR) is 89.6 cm³/mol. The minimum absolute atomic E-state index is 0. The molecule has 1 aliphatic carbocycles. The van der Waals surface area contributed by atoms with Gasteiger partial charge in [-0.3, -0.25) is 4.79 Å². The maximum atomic E-state index is 11.7. The van der Waals surface area contributed by atoms with Gasteiger partial charge in [-0.25, -0.2) is 0 Å². The third-order valence-electron chi connectivity index (χ3n) is 3.95. The van der Waals surface area contributed by atoms with Crippen molar-refractivity contribution in [2.75, 3.05) is 0 Å². The summed E-state index contributed by atoms with van der Waals surface area (Å²) in [6, 6.07) is 19.3. The molecule has 0 aromatic heterocycles. The number of carbonyl (C=O) groups excluding carboxylic acids is 1. The Labute approximate surface area is 170 Å². The average Bonchev–Trinajstić information content (AvgIpc) is 2.59. The third-order valence-corrected chi connectivity index (χ3v) is 3.95. The molecule has 0 bridgehead atoms. The van der Waals surface area contributed by atoms with E-state index < -0.39 is 5.97 Å². The summed E-state index contributed by atoms with van der Waals surface area (Å²) in [7, 11) is 0. The zero-order valence-electron chi connectivity index (χ0n) is 13.9. The van der Waals surface area contributed by atoms with Gasteiger partial charge in [0.15, 0.2) is 5.43 Å². The van der Waals surface area contributed by atoms with Crippen LogP contribution in [0.15, 0.2) is 69.9 Å². The van der Waals surface area contributed by atoms with E-state index in [9.17, 15) is 14.7 Å². The van der Waals surface area contributed by atoms with E-state index in [0.717, 1.165) is 5.39 Å².